The second-order valence-electron chi connectivity index (χ2n) is 5.18. The van der Waals surface area contributed by atoms with Gasteiger partial charge in [0, 0.05) is 0 Å². The molecule has 5 heteroatoms. The number of aryl methyl sites for hydroxylation is 1. The summed E-state index contributed by atoms with van der Waals surface area (Å²) in [7, 11) is 0. The molecule has 0 fully saturated rings. The lowest BCUT2D eigenvalue weighted by atomic mass is 10.1. The molecule has 0 aliphatic rings. The van der Waals surface area contributed by atoms with Crippen LogP contribution in [0.5, 0.6) is 0 Å². The number of nitrogen functional groups attached to an aromatic ring is 1. The summed E-state index contributed by atoms with van der Waals surface area (Å²) in [6.07, 6.45) is 0. The number of rotatable bonds is 2. The van der Waals surface area contributed by atoms with Crippen LogP contribution in [-0.2, 0) is 0 Å². The molecule has 108 valence electrons. The first-order valence-electron chi connectivity index (χ1n) is 6.66. The molecule has 1 unspecified atom stereocenters. The molecule has 1 heterocycles. The Bertz CT molecular complexity index is 806. The molecule has 0 aliphatic carbocycles. The fraction of sp³-hybridized carbons (Fsp3) is 0.188. The number of hydrogen-bond acceptors (Lipinski definition) is 2. The van der Waals surface area contributed by atoms with Gasteiger partial charge in [0.15, 0.2) is 0 Å². The van der Waals surface area contributed by atoms with E-state index in [1.807, 2.05) is 10.6 Å². The van der Waals surface area contributed by atoms with Crippen molar-refractivity contribution in [3.8, 4) is 0 Å². The van der Waals surface area contributed by atoms with Crippen LogP contribution in [0.15, 0.2) is 36.4 Å². The molecule has 3 nitrogen and oxygen atoms in total. The molecule has 1 aromatic heterocycles. The van der Waals surface area contributed by atoms with Crippen LogP contribution in [0.4, 0.5) is 5.95 Å². The number of imidazole rings is 1. The highest BCUT2D eigenvalue weighted by Gasteiger charge is 2.17. The maximum Gasteiger partial charge on any atom is 0.201 e. The Balaban J connectivity index is 2.17. The summed E-state index contributed by atoms with van der Waals surface area (Å²) < 4.78 is 1.97. The van der Waals surface area contributed by atoms with Crippen molar-refractivity contribution in [3.05, 3.63) is 57.6 Å². The molecule has 0 bridgehead atoms. The van der Waals surface area contributed by atoms with Crippen molar-refractivity contribution in [2.75, 3.05) is 5.73 Å². The number of fused-ring (bicyclic) bond motifs is 1. The molecule has 0 saturated heterocycles. The van der Waals surface area contributed by atoms with Crippen molar-refractivity contribution < 1.29 is 0 Å². The summed E-state index contributed by atoms with van der Waals surface area (Å²) in [4.78, 5) is 4.38. The van der Waals surface area contributed by atoms with E-state index in [9.17, 15) is 0 Å². The highest BCUT2D eigenvalue weighted by atomic mass is 35.5. The van der Waals surface area contributed by atoms with Crippen molar-refractivity contribution in [1.29, 1.82) is 0 Å². The number of nitrogens with two attached hydrogens (primary N) is 1. The third kappa shape index (κ3) is 2.47. The van der Waals surface area contributed by atoms with E-state index in [1.54, 1.807) is 6.07 Å². The fourth-order valence-electron chi connectivity index (χ4n) is 2.51. The fourth-order valence-corrected chi connectivity index (χ4v) is 2.83. The highest BCUT2D eigenvalue weighted by molar-refractivity contribution is 6.42. The van der Waals surface area contributed by atoms with Gasteiger partial charge in [-0.25, -0.2) is 4.98 Å². The summed E-state index contributed by atoms with van der Waals surface area (Å²) in [5, 5.41) is 0.984. The SMILES string of the molecule is Cc1ccc(C(C)n2c(N)nc3cc(Cl)c(Cl)cc32)cc1. The summed E-state index contributed by atoms with van der Waals surface area (Å²) >= 11 is 12.2. The zero-order valence-electron chi connectivity index (χ0n) is 11.8. The van der Waals surface area contributed by atoms with E-state index in [2.05, 4.69) is 43.1 Å². The van der Waals surface area contributed by atoms with Gasteiger partial charge in [0.1, 0.15) is 0 Å². The van der Waals surface area contributed by atoms with Gasteiger partial charge >= 0.3 is 0 Å². The van der Waals surface area contributed by atoms with E-state index in [0.29, 0.717) is 16.0 Å². The Kier molecular flexibility index (Phi) is 3.56. The van der Waals surface area contributed by atoms with Gasteiger partial charge in [0.05, 0.1) is 27.1 Å². The topological polar surface area (TPSA) is 43.8 Å². The van der Waals surface area contributed by atoms with Gasteiger partial charge < -0.3 is 10.3 Å². The summed E-state index contributed by atoms with van der Waals surface area (Å²) in [6.45, 7) is 4.15. The first kappa shape index (κ1) is 14.2. The van der Waals surface area contributed by atoms with E-state index >= 15 is 0 Å². The molecule has 21 heavy (non-hydrogen) atoms. The van der Waals surface area contributed by atoms with Gasteiger partial charge in [0.2, 0.25) is 5.95 Å². The third-order valence-corrected chi connectivity index (χ3v) is 4.43. The second-order valence-corrected chi connectivity index (χ2v) is 6.00. The molecule has 1 atom stereocenters. The van der Waals surface area contributed by atoms with E-state index in [1.165, 1.54) is 5.56 Å². The maximum atomic E-state index is 6.13. The Morgan fingerprint density at radius 1 is 1.10 bits per heavy atom. The highest BCUT2D eigenvalue weighted by Crippen LogP contribution is 2.32. The molecule has 3 rings (SSSR count). The predicted octanol–water partition coefficient (Wildman–Crippen LogP) is 4.84. The van der Waals surface area contributed by atoms with Crippen LogP contribution >= 0.6 is 23.2 Å². The van der Waals surface area contributed by atoms with Crippen LogP contribution in [-0.4, -0.2) is 9.55 Å². The molecule has 0 radical (unpaired) electrons. The number of nitrogens with zero attached hydrogens (tertiary/aromatic N) is 2. The Hall–Kier alpha value is -1.71. The average Bonchev–Trinajstić information content (AvgIpc) is 2.75. The van der Waals surface area contributed by atoms with Gasteiger partial charge in [-0.2, -0.15) is 0 Å². The smallest absolute Gasteiger partial charge is 0.201 e. The molecule has 0 spiro atoms. The summed E-state index contributed by atoms with van der Waals surface area (Å²) in [5.41, 5.74) is 10.1. The molecular formula is C16H15Cl2N3. The average molecular weight is 320 g/mol. The molecule has 0 aliphatic heterocycles. The quantitative estimate of drug-likeness (QED) is 0.734. The van der Waals surface area contributed by atoms with Gasteiger partial charge in [-0.3, -0.25) is 0 Å². The summed E-state index contributed by atoms with van der Waals surface area (Å²) in [5.74, 6) is 0.455. The zero-order valence-corrected chi connectivity index (χ0v) is 13.3. The van der Waals surface area contributed by atoms with Crippen LogP contribution in [0.1, 0.15) is 24.1 Å². The maximum absolute atomic E-state index is 6.13. The minimum atomic E-state index is 0.0628. The molecule has 0 amide bonds. The number of aromatic nitrogens is 2. The number of anilines is 1. The lowest BCUT2D eigenvalue weighted by Gasteiger charge is -2.17. The first-order valence-corrected chi connectivity index (χ1v) is 7.42. The normalized spacial score (nSPS) is 12.8. The zero-order chi connectivity index (χ0) is 15.1. The predicted molar refractivity (Wildman–Crippen MR) is 89.2 cm³/mol. The van der Waals surface area contributed by atoms with Crippen molar-refractivity contribution in [2.45, 2.75) is 19.9 Å². The van der Waals surface area contributed by atoms with E-state index < -0.39 is 0 Å². The Morgan fingerprint density at radius 3 is 2.38 bits per heavy atom. The molecule has 2 N–H and O–H groups in total. The number of halogens is 2. The van der Waals surface area contributed by atoms with Gasteiger partial charge in [-0.05, 0) is 31.5 Å². The molecular weight excluding hydrogens is 305 g/mol. The number of benzene rings is 2. The van der Waals surface area contributed by atoms with Crippen LogP contribution in [0.3, 0.4) is 0 Å². The molecule has 3 aromatic rings. The lowest BCUT2D eigenvalue weighted by molar-refractivity contribution is 0.667. The molecule has 0 saturated carbocycles. The van der Waals surface area contributed by atoms with Crippen molar-refractivity contribution >= 4 is 40.2 Å². The number of hydrogen-bond donors (Lipinski definition) is 1. The lowest BCUT2D eigenvalue weighted by Crippen LogP contribution is -2.10. The van der Waals surface area contributed by atoms with Crippen molar-refractivity contribution in [3.63, 3.8) is 0 Å². The van der Waals surface area contributed by atoms with Crippen LogP contribution in [0.2, 0.25) is 10.0 Å². The van der Waals surface area contributed by atoms with Crippen LogP contribution in [0, 0.1) is 6.92 Å². The molecule has 2 aromatic carbocycles. The first-order chi connectivity index (χ1) is 9.97. The minimum absolute atomic E-state index is 0.0628. The van der Waals surface area contributed by atoms with E-state index in [0.717, 1.165) is 16.6 Å². The van der Waals surface area contributed by atoms with Gasteiger partial charge in [-0.1, -0.05) is 53.0 Å². The monoisotopic (exact) mass is 319 g/mol. The van der Waals surface area contributed by atoms with Crippen LogP contribution < -0.4 is 5.73 Å². The van der Waals surface area contributed by atoms with Crippen molar-refractivity contribution in [2.24, 2.45) is 0 Å². The van der Waals surface area contributed by atoms with Gasteiger partial charge in [0.25, 0.3) is 0 Å². The summed E-state index contributed by atoms with van der Waals surface area (Å²) in [6, 6.07) is 12.0. The van der Waals surface area contributed by atoms with E-state index in [-0.39, 0.29) is 6.04 Å². The standard InChI is InChI=1S/C16H15Cl2N3/c1-9-3-5-11(6-4-9)10(2)21-15-8-13(18)12(17)7-14(15)20-16(21)19/h3-8,10H,1-2H3,(H2,19,20). The minimum Gasteiger partial charge on any atom is -0.369 e. The largest absolute Gasteiger partial charge is 0.369 e. The van der Waals surface area contributed by atoms with Gasteiger partial charge in [-0.15, -0.1) is 0 Å². The van der Waals surface area contributed by atoms with Crippen molar-refractivity contribution in [1.82, 2.24) is 9.55 Å². The third-order valence-electron chi connectivity index (χ3n) is 3.71. The second kappa shape index (κ2) is 5.24. The Morgan fingerprint density at radius 2 is 1.71 bits per heavy atom. The van der Waals surface area contributed by atoms with Crippen LogP contribution in [0.25, 0.3) is 11.0 Å². The Labute approximate surface area is 133 Å². The van der Waals surface area contributed by atoms with E-state index in [4.69, 9.17) is 28.9 Å².